The molecule has 0 unspecified atom stereocenters. The van der Waals surface area contributed by atoms with Crippen LogP contribution < -0.4 is 21.7 Å². The molecule has 1 atom stereocenters. The maximum absolute atomic E-state index is 6.10. The number of hydrogen-bond donors (Lipinski definition) is 3. The van der Waals surface area contributed by atoms with Gasteiger partial charge in [-0.15, -0.1) is 0 Å². The normalized spacial score (nSPS) is 20.2. The van der Waals surface area contributed by atoms with Crippen molar-refractivity contribution < 1.29 is 0 Å². The van der Waals surface area contributed by atoms with Crippen LogP contribution in [0.4, 0.5) is 17.6 Å². The molecule has 0 aliphatic carbocycles. The largest absolute Gasteiger partial charge is 0.383 e. The second kappa shape index (κ2) is 5.44. The second-order valence-corrected chi connectivity index (χ2v) is 6.81. The highest BCUT2D eigenvalue weighted by Crippen LogP contribution is 2.31. The van der Waals surface area contributed by atoms with Crippen LogP contribution in [0.15, 0.2) is 0 Å². The van der Waals surface area contributed by atoms with E-state index in [2.05, 4.69) is 47.9 Å². The number of nitrogen functional groups attached to an aromatic ring is 2. The van der Waals surface area contributed by atoms with Crippen molar-refractivity contribution in [2.45, 2.75) is 40.2 Å². The molecule has 1 aliphatic heterocycles. The Morgan fingerprint density at radius 1 is 1.30 bits per heavy atom. The van der Waals surface area contributed by atoms with Crippen LogP contribution in [-0.4, -0.2) is 35.6 Å². The summed E-state index contributed by atoms with van der Waals surface area (Å²) < 4.78 is 0. The van der Waals surface area contributed by atoms with E-state index in [1.807, 2.05) is 0 Å². The van der Waals surface area contributed by atoms with Crippen molar-refractivity contribution in [2.75, 3.05) is 36.0 Å². The third-order valence-corrected chi connectivity index (χ3v) is 3.41. The predicted molar refractivity (Wildman–Crippen MR) is 83.7 cm³/mol. The molecule has 0 saturated carbocycles. The molecule has 1 fully saturated rings. The van der Waals surface area contributed by atoms with E-state index in [9.17, 15) is 0 Å². The van der Waals surface area contributed by atoms with Gasteiger partial charge < -0.3 is 21.7 Å². The van der Waals surface area contributed by atoms with E-state index in [1.165, 1.54) is 0 Å². The van der Waals surface area contributed by atoms with E-state index in [0.29, 0.717) is 11.9 Å². The van der Waals surface area contributed by atoms with Gasteiger partial charge in [0.05, 0.1) is 0 Å². The van der Waals surface area contributed by atoms with Gasteiger partial charge >= 0.3 is 0 Å². The molecule has 112 valence electrons. The number of hydrogen-bond acceptors (Lipinski definition) is 6. The lowest BCUT2D eigenvalue weighted by Crippen LogP contribution is -2.50. The van der Waals surface area contributed by atoms with E-state index in [1.54, 1.807) is 0 Å². The fourth-order valence-corrected chi connectivity index (χ4v) is 2.59. The fourth-order valence-electron chi connectivity index (χ4n) is 2.59. The molecule has 1 saturated heterocycles. The van der Waals surface area contributed by atoms with Crippen LogP contribution in [0.2, 0.25) is 0 Å². The first-order chi connectivity index (χ1) is 9.26. The third-order valence-electron chi connectivity index (χ3n) is 3.41. The van der Waals surface area contributed by atoms with E-state index < -0.39 is 0 Å². The summed E-state index contributed by atoms with van der Waals surface area (Å²) in [4.78, 5) is 10.9. The van der Waals surface area contributed by atoms with Crippen LogP contribution >= 0.6 is 0 Å². The summed E-state index contributed by atoms with van der Waals surface area (Å²) in [7, 11) is 0. The second-order valence-electron chi connectivity index (χ2n) is 6.81. The smallest absolute Gasteiger partial charge is 0.223 e. The van der Waals surface area contributed by atoms with Crippen LogP contribution in [0.5, 0.6) is 0 Å². The molecule has 0 radical (unpaired) electrons. The summed E-state index contributed by atoms with van der Waals surface area (Å²) in [5.74, 6) is 1.66. The highest BCUT2D eigenvalue weighted by atomic mass is 15.3. The van der Waals surface area contributed by atoms with Crippen LogP contribution in [0.25, 0.3) is 0 Å². The van der Waals surface area contributed by atoms with Crippen molar-refractivity contribution in [1.82, 2.24) is 15.3 Å². The number of anilines is 3. The van der Waals surface area contributed by atoms with E-state index in [0.717, 1.165) is 37.4 Å². The summed E-state index contributed by atoms with van der Waals surface area (Å²) in [6, 6.07) is 0.434. The van der Waals surface area contributed by atoms with Gasteiger partial charge in [-0.25, -0.2) is 0 Å². The Bertz CT molecular complexity index is 479. The van der Waals surface area contributed by atoms with E-state index in [4.69, 9.17) is 11.5 Å². The average Bonchev–Trinajstić information content (AvgIpc) is 2.31. The van der Waals surface area contributed by atoms with Crippen molar-refractivity contribution in [2.24, 2.45) is 5.41 Å². The number of rotatable bonds is 2. The minimum absolute atomic E-state index is 0.127. The summed E-state index contributed by atoms with van der Waals surface area (Å²) >= 11 is 0. The van der Waals surface area contributed by atoms with Gasteiger partial charge in [0.1, 0.15) is 11.6 Å². The lowest BCUT2D eigenvalue weighted by Gasteiger charge is -2.35. The highest BCUT2D eigenvalue weighted by Gasteiger charge is 2.25. The van der Waals surface area contributed by atoms with Gasteiger partial charge in [-0.2, -0.15) is 9.97 Å². The fraction of sp³-hybridized carbons (Fsp3) is 0.714. The first-order valence-electron chi connectivity index (χ1n) is 7.16. The lowest BCUT2D eigenvalue weighted by molar-refractivity contribution is 0.409. The summed E-state index contributed by atoms with van der Waals surface area (Å²) in [6.07, 6.45) is 0.840. The van der Waals surface area contributed by atoms with Crippen LogP contribution in [0.3, 0.4) is 0 Å². The Labute approximate surface area is 121 Å². The zero-order valence-corrected chi connectivity index (χ0v) is 12.9. The van der Waals surface area contributed by atoms with Crippen molar-refractivity contribution >= 4 is 17.6 Å². The van der Waals surface area contributed by atoms with Gasteiger partial charge in [-0.3, -0.25) is 0 Å². The van der Waals surface area contributed by atoms with Crippen molar-refractivity contribution in [3.8, 4) is 0 Å². The molecule has 2 rings (SSSR count). The number of nitrogens with one attached hydrogen (secondary N) is 1. The molecule has 20 heavy (non-hydrogen) atoms. The molecule has 1 aromatic heterocycles. The molecule has 5 N–H and O–H groups in total. The zero-order valence-electron chi connectivity index (χ0n) is 12.9. The maximum Gasteiger partial charge on any atom is 0.223 e. The number of piperazine rings is 1. The van der Waals surface area contributed by atoms with Gasteiger partial charge in [0.25, 0.3) is 0 Å². The first-order valence-corrected chi connectivity index (χ1v) is 7.16. The molecular formula is C14H26N6. The monoisotopic (exact) mass is 278 g/mol. The Hall–Kier alpha value is -1.56. The third kappa shape index (κ3) is 3.50. The van der Waals surface area contributed by atoms with Crippen LogP contribution in [0, 0.1) is 5.41 Å². The summed E-state index contributed by atoms with van der Waals surface area (Å²) in [5.41, 5.74) is 13.0. The molecule has 0 bridgehead atoms. The van der Waals surface area contributed by atoms with Crippen LogP contribution in [-0.2, 0) is 6.42 Å². The number of nitrogens with zero attached hydrogens (tertiary/aromatic N) is 3. The maximum atomic E-state index is 6.10. The minimum atomic E-state index is 0.127. The van der Waals surface area contributed by atoms with Gasteiger partial charge in [0.2, 0.25) is 5.95 Å². The molecular weight excluding hydrogens is 252 g/mol. The molecule has 2 heterocycles. The molecule has 6 heteroatoms. The summed E-state index contributed by atoms with van der Waals surface area (Å²) in [5, 5.41) is 3.43. The summed E-state index contributed by atoms with van der Waals surface area (Å²) in [6.45, 7) is 11.5. The predicted octanol–water partition coefficient (Wildman–Crippen LogP) is 1.03. The Morgan fingerprint density at radius 3 is 2.60 bits per heavy atom. The lowest BCUT2D eigenvalue weighted by atomic mass is 9.88. The zero-order chi connectivity index (χ0) is 14.9. The topological polar surface area (TPSA) is 93.1 Å². The van der Waals surface area contributed by atoms with Crippen molar-refractivity contribution in [1.29, 1.82) is 0 Å². The number of nitrogens with two attached hydrogens (primary N) is 2. The van der Waals surface area contributed by atoms with Gasteiger partial charge in [0, 0.05) is 31.2 Å². The Balaban J connectivity index is 2.39. The average molecular weight is 278 g/mol. The SMILES string of the molecule is C[C@@H]1CN(c2nc(N)nc(N)c2CC(C)(C)C)CCN1. The van der Waals surface area contributed by atoms with Crippen LogP contribution in [0.1, 0.15) is 33.3 Å². The quantitative estimate of drug-likeness (QED) is 0.748. The molecule has 0 aromatic carbocycles. The molecule has 0 amide bonds. The highest BCUT2D eigenvalue weighted by molar-refractivity contribution is 5.60. The minimum Gasteiger partial charge on any atom is -0.383 e. The first kappa shape index (κ1) is 14.8. The van der Waals surface area contributed by atoms with Gasteiger partial charge in [-0.1, -0.05) is 20.8 Å². The van der Waals surface area contributed by atoms with E-state index >= 15 is 0 Å². The van der Waals surface area contributed by atoms with Crippen molar-refractivity contribution in [3.05, 3.63) is 5.56 Å². The van der Waals surface area contributed by atoms with Crippen molar-refractivity contribution in [3.63, 3.8) is 0 Å². The number of aromatic nitrogens is 2. The molecule has 6 nitrogen and oxygen atoms in total. The van der Waals surface area contributed by atoms with E-state index in [-0.39, 0.29) is 11.4 Å². The van der Waals surface area contributed by atoms with Gasteiger partial charge in [0.15, 0.2) is 0 Å². The Kier molecular flexibility index (Phi) is 4.04. The standard InChI is InChI=1S/C14H26N6/c1-9-8-20(6-5-17-9)12-10(7-14(2,3)4)11(15)18-13(16)19-12/h9,17H,5-8H2,1-4H3,(H4,15,16,18,19)/t9-/m1/s1. The molecule has 1 aromatic rings. The molecule has 1 aliphatic rings. The molecule has 0 spiro atoms. The Morgan fingerprint density at radius 2 is 2.00 bits per heavy atom. The van der Waals surface area contributed by atoms with Gasteiger partial charge in [-0.05, 0) is 18.8 Å².